The van der Waals surface area contributed by atoms with Gasteiger partial charge in [-0.3, -0.25) is 0 Å². The van der Waals surface area contributed by atoms with Gasteiger partial charge < -0.3 is 4.57 Å². The lowest BCUT2D eigenvalue weighted by atomic mass is 10.3. The van der Waals surface area contributed by atoms with Gasteiger partial charge in [-0.2, -0.15) is 0 Å². The van der Waals surface area contributed by atoms with Crippen LogP contribution in [-0.2, 0) is 7.05 Å². The molecule has 12 heavy (non-hydrogen) atoms. The first-order chi connectivity index (χ1) is 5.68. The molecule has 0 saturated heterocycles. The second kappa shape index (κ2) is 2.69. The summed E-state index contributed by atoms with van der Waals surface area (Å²) < 4.78 is 2.97. The molecule has 0 unspecified atom stereocenters. The molecule has 0 aromatic carbocycles. The van der Waals surface area contributed by atoms with Crippen molar-refractivity contribution in [3.05, 3.63) is 21.7 Å². The van der Waals surface area contributed by atoms with E-state index in [2.05, 4.69) is 38.6 Å². The van der Waals surface area contributed by atoms with Crippen LogP contribution in [0.2, 0.25) is 0 Å². The quantitative estimate of drug-likeness (QED) is 0.542. The van der Waals surface area contributed by atoms with E-state index in [-0.39, 0.29) is 0 Å². The Morgan fingerprint density at radius 3 is 3.00 bits per heavy atom. The molecule has 2 heterocycles. The number of aromatic nitrogens is 3. The molecule has 0 aliphatic carbocycles. The summed E-state index contributed by atoms with van der Waals surface area (Å²) in [6.45, 7) is 2.04. The Morgan fingerprint density at radius 2 is 2.25 bits per heavy atom. The Hall–Kier alpha value is -0.650. The van der Waals surface area contributed by atoms with E-state index in [1.165, 1.54) is 5.56 Å². The minimum Gasteiger partial charge on any atom is -0.318 e. The van der Waals surface area contributed by atoms with E-state index in [1.807, 2.05) is 18.5 Å². The molecule has 0 fully saturated rings. The summed E-state index contributed by atoms with van der Waals surface area (Å²) in [5, 5.41) is 0. The van der Waals surface area contributed by atoms with Crippen LogP contribution in [0.4, 0.5) is 0 Å². The van der Waals surface area contributed by atoms with Crippen molar-refractivity contribution in [1.82, 2.24) is 14.5 Å². The Bertz CT molecular complexity index is 433. The number of fused-ring (bicyclic) bond motifs is 1. The fraction of sp³-hybridized carbons (Fsp3) is 0.250. The third kappa shape index (κ3) is 1.10. The van der Waals surface area contributed by atoms with E-state index in [0.717, 1.165) is 14.9 Å². The zero-order chi connectivity index (χ0) is 8.72. The van der Waals surface area contributed by atoms with Crippen LogP contribution in [0, 0.1) is 10.6 Å². The minimum absolute atomic E-state index is 0.949. The number of halogens is 1. The molecule has 2 aromatic heterocycles. The van der Waals surface area contributed by atoms with Gasteiger partial charge in [-0.05, 0) is 41.1 Å². The van der Waals surface area contributed by atoms with Gasteiger partial charge in [-0.1, -0.05) is 0 Å². The van der Waals surface area contributed by atoms with Crippen molar-refractivity contribution < 1.29 is 0 Å². The molecule has 0 amide bonds. The number of rotatable bonds is 0. The summed E-state index contributed by atoms with van der Waals surface area (Å²) in [5.74, 6) is 0. The molecule has 4 heteroatoms. The summed E-state index contributed by atoms with van der Waals surface area (Å²) in [6, 6.07) is 2.06. The standard InChI is InChI=1S/C8H8IN3/c1-5-3-6-8(11-7(5)9)12(2)4-10-6/h3-4H,1-2H3. The van der Waals surface area contributed by atoms with Crippen LogP contribution in [0.15, 0.2) is 12.4 Å². The van der Waals surface area contributed by atoms with Gasteiger partial charge in [-0.25, -0.2) is 9.97 Å². The number of hydrogen-bond donors (Lipinski definition) is 0. The lowest BCUT2D eigenvalue weighted by Gasteiger charge is -1.97. The Morgan fingerprint density at radius 1 is 1.50 bits per heavy atom. The van der Waals surface area contributed by atoms with Gasteiger partial charge in [0.25, 0.3) is 0 Å². The van der Waals surface area contributed by atoms with Gasteiger partial charge in [0.15, 0.2) is 5.65 Å². The van der Waals surface area contributed by atoms with Gasteiger partial charge in [0.1, 0.15) is 9.22 Å². The van der Waals surface area contributed by atoms with E-state index >= 15 is 0 Å². The largest absolute Gasteiger partial charge is 0.318 e. The monoisotopic (exact) mass is 273 g/mol. The first-order valence-corrected chi connectivity index (χ1v) is 4.70. The van der Waals surface area contributed by atoms with Gasteiger partial charge >= 0.3 is 0 Å². The lowest BCUT2D eigenvalue weighted by Crippen LogP contribution is -1.91. The van der Waals surface area contributed by atoms with Crippen LogP contribution >= 0.6 is 22.6 Å². The molecule has 0 atom stereocenters. The summed E-state index contributed by atoms with van der Waals surface area (Å²) >= 11 is 2.23. The zero-order valence-corrected chi connectivity index (χ0v) is 9.03. The molecule has 0 bridgehead atoms. The normalized spacial score (nSPS) is 10.9. The molecule has 62 valence electrons. The molecule has 0 radical (unpaired) electrons. The fourth-order valence-corrected chi connectivity index (χ4v) is 1.51. The molecule has 0 aliphatic heterocycles. The van der Waals surface area contributed by atoms with Crippen LogP contribution in [0.1, 0.15) is 5.56 Å². The maximum absolute atomic E-state index is 4.42. The third-order valence-electron chi connectivity index (χ3n) is 1.82. The Kier molecular flexibility index (Phi) is 1.79. The zero-order valence-electron chi connectivity index (χ0n) is 6.87. The number of hydrogen-bond acceptors (Lipinski definition) is 2. The van der Waals surface area contributed by atoms with E-state index in [9.17, 15) is 0 Å². The molecular formula is C8H8IN3. The molecule has 0 N–H and O–H groups in total. The van der Waals surface area contributed by atoms with Gasteiger partial charge in [-0.15, -0.1) is 0 Å². The van der Waals surface area contributed by atoms with Crippen LogP contribution in [0.25, 0.3) is 11.2 Å². The van der Waals surface area contributed by atoms with Crippen molar-refractivity contribution in [2.45, 2.75) is 6.92 Å². The smallest absolute Gasteiger partial charge is 0.160 e. The fourth-order valence-electron chi connectivity index (χ4n) is 1.13. The summed E-state index contributed by atoms with van der Waals surface area (Å²) in [7, 11) is 1.95. The first-order valence-electron chi connectivity index (χ1n) is 3.62. The van der Waals surface area contributed by atoms with Crippen molar-refractivity contribution >= 4 is 33.8 Å². The second-order valence-corrected chi connectivity index (χ2v) is 3.82. The summed E-state index contributed by atoms with van der Waals surface area (Å²) in [6.07, 6.45) is 1.78. The number of nitrogens with zero attached hydrogens (tertiary/aromatic N) is 3. The van der Waals surface area contributed by atoms with Gasteiger partial charge in [0, 0.05) is 7.05 Å². The number of imidazole rings is 1. The van der Waals surface area contributed by atoms with Crippen molar-refractivity contribution in [3.8, 4) is 0 Å². The molecule has 0 spiro atoms. The third-order valence-corrected chi connectivity index (χ3v) is 2.91. The predicted octanol–water partition coefficient (Wildman–Crippen LogP) is 1.88. The highest BCUT2D eigenvalue weighted by Gasteiger charge is 2.03. The molecule has 0 aliphatic rings. The maximum atomic E-state index is 4.42. The maximum Gasteiger partial charge on any atom is 0.160 e. The lowest BCUT2D eigenvalue weighted by molar-refractivity contribution is 0.928. The van der Waals surface area contributed by atoms with Gasteiger partial charge in [0.2, 0.25) is 0 Å². The summed E-state index contributed by atoms with van der Waals surface area (Å²) in [4.78, 5) is 8.64. The molecule has 0 saturated carbocycles. The van der Waals surface area contributed by atoms with E-state index in [4.69, 9.17) is 0 Å². The first kappa shape index (κ1) is 7.97. The van der Waals surface area contributed by atoms with Crippen LogP contribution in [-0.4, -0.2) is 14.5 Å². The molecule has 2 aromatic rings. The van der Waals surface area contributed by atoms with E-state index in [1.54, 1.807) is 6.33 Å². The average molecular weight is 273 g/mol. The van der Waals surface area contributed by atoms with Gasteiger partial charge in [0.05, 0.1) is 6.33 Å². The Balaban J connectivity index is 2.87. The van der Waals surface area contributed by atoms with Crippen LogP contribution in [0.3, 0.4) is 0 Å². The highest BCUT2D eigenvalue weighted by atomic mass is 127. The second-order valence-electron chi connectivity index (χ2n) is 2.79. The minimum atomic E-state index is 0.949. The molecule has 3 nitrogen and oxygen atoms in total. The van der Waals surface area contributed by atoms with Crippen LogP contribution in [0.5, 0.6) is 0 Å². The highest BCUT2D eigenvalue weighted by molar-refractivity contribution is 14.1. The van der Waals surface area contributed by atoms with E-state index < -0.39 is 0 Å². The topological polar surface area (TPSA) is 30.7 Å². The Labute approximate surface area is 84.0 Å². The highest BCUT2D eigenvalue weighted by Crippen LogP contribution is 2.15. The molecule has 2 rings (SSSR count). The average Bonchev–Trinajstić information content (AvgIpc) is 2.35. The summed E-state index contributed by atoms with van der Waals surface area (Å²) in [5.41, 5.74) is 3.10. The van der Waals surface area contributed by atoms with Crippen molar-refractivity contribution in [2.75, 3.05) is 0 Å². The van der Waals surface area contributed by atoms with E-state index in [0.29, 0.717) is 0 Å². The number of pyridine rings is 1. The number of aryl methyl sites for hydroxylation is 2. The molecular weight excluding hydrogens is 265 g/mol. The predicted molar refractivity (Wildman–Crippen MR) is 56.0 cm³/mol. The van der Waals surface area contributed by atoms with Crippen molar-refractivity contribution in [1.29, 1.82) is 0 Å². The van der Waals surface area contributed by atoms with Crippen molar-refractivity contribution in [2.24, 2.45) is 7.05 Å². The van der Waals surface area contributed by atoms with Crippen LogP contribution < -0.4 is 0 Å². The SMILES string of the molecule is Cc1cc2ncn(C)c2nc1I. The van der Waals surface area contributed by atoms with Crippen molar-refractivity contribution in [3.63, 3.8) is 0 Å².